The number of para-hydroxylation sites is 1. The standard InChI is InChI=1S/C23H20N6OS/c24-15-16-9-13-29(14-10-16)21-22(26-12-11-25-21)30-18-7-5-17(6-8-18)27-23-28-19-3-1-2-4-20(19)31-23/h1-8,11-12,16H,9-10,13-14H2,(H,27,28). The van der Waals surface area contributed by atoms with Crippen LogP contribution in [0.4, 0.5) is 16.6 Å². The number of benzene rings is 2. The van der Waals surface area contributed by atoms with Crippen molar-refractivity contribution < 1.29 is 4.74 Å². The highest BCUT2D eigenvalue weighted by molar-refractivity contribution is 7.22. The van der Waals surface area contributed by atoms with Gasteiger partial charge in [-0.1, -0.05) is 23.5 Å². The molecule has 1 N–H and O–H groups in total. The zero-order chi connectivity index (χ0) is 21.0. The predicted octanol–water partition coefficient (Wildman–Crippen LogP) is 5.36. The van der Waals surface area contributed by atoms with Crippen LogP contribution >= 0.6 is 11.3 Å². The molecule has 0 aliphatic carbocycles. The average molecular weight is 429 g/mol. The Balaban J connectivity index is 1.28. The van der Waals surface area contributed by atoms with E-state index in [0.29, 0.717) is 11.6 Å². The summed E-state index contributed by atoms with van der Waals surface area (Å²) in [7, 11) is 0. The Morgan fingerprint density at radius 2 is 1.81 bits per heavy atom. The largest absolute Gasteiger partial charge is 0.436 e. The summed E-state index contributed by atoms with van der Waals surface area (Å²) in [6.07, 6.45) is 4.96. The Morgan fingerprint density at radius 3 is 2.58 bits per heavy atom. The average Bonchev–Trinajstić information content (AvgIpc) is 3.23. The molecule has 1 aliphatic rings. The van der Waals surface area contributed by atoms with Crippen LogP contribution in [0.15, 0.2) is 60.9 Å². The zero-order valence-electron chi connectivity index (χ0n) is 16.7. The Morgan fingerprint density at radius 1 is 1.03 bits per heavy atom. The van der Waals surface area contributed by atoms with Gasteiger partial charge in [0.25, 0.3) is 5.88 Å². The van der Waals surface area contributed by atoms with Crippen LogP contribution in [0.25, 0.3) is 10.2 Å². The second kappa shape index (κ2) is 8.58. The second-order valence-electron chi connectivity index (χ2n) is 7.31. The van der Waals surface area contributed by atoms with Crippen molar-refractivity contribution in [3.63, 3.8) is 0 Å². The molecule has 4 aromatic rings. The molecule has 31 heavy (non-hydrogen) atoms. The van der Waals surface area contributed by atoms with E-state index < -0.39 is 0 Å². The van der Waals surface area contributed by atoms with Gasteiger partial charge in [0.05, 0.1) is 16.3 Å². The number of hydrogen-bond donors (Lipinski definition) is 1. The highest BCUT2D eigenvalue weighted by atomic mass is 32.1. The van der Waals surface area contributed by atoms with Crippen molar-refractivity contribution in [2.45, 2.75) is 12.8 Å². The third kappa shape index (κ3) is 4.27. The minimum Gasteiger partial charge on any atom is -0.436 e. The molecule has 0 spiro atoms. The third-order valence-corrected chi connectivity index (χ3v) is 6.19. The SMILES string of the molecule is N#CC1CCN(c2nccnc2Oc2ccc(Nc3nc4ccccc4s3)cc2)CC1. The fraction of sp³-hybridized carbons (Fsp3) is 0.217. The Labute approximate surface area is 184 Å². The number of nitrogens with one attached hydrogen (secondary N) is 1. The maximum absolute atomic E-state index is 9.12. The van der Waals surface area contributed by atoms with Gasteiger partial charge in [0.1, 0.15) is 5.75 Å². The van der Waals surface area contributed by atoms with Gasteiger partial charge in [-0.15, -0.1) is 0 Å². The lowest BCUT2D eigenvalue weighted by Crippen LogP contribution is -2.34. The maximum Gasteiger partial charge on any atom is 0.263 e. The van der Waals surface area contributed by atoms with E-state index in [9.17, 15) is 0 Å². The number of rotatable bonds is 5. The summed E-state index contributed by atoms with van der Waals surface area (Å²) in [5, 5.41) is 13.3. The summed E-state index contributed by atoms with van der Waals surface area (Å²) in [6, 6.07) is 18.1. The number of fused-ring (bicyclic) bond motifs is 1. The Bertz CT molecular complexity index is 1190. The van der Waals surface area contributed by atoms with E-state index in [1.165, 1.54) is 0 Å². The summed E-state index contributed by atoms with van der Waals surface area (Å²) in [5.74, 6) is 2.00. The normalized spacial score (nSPS) is 14.4. The molecule has 2 aromatic carbocycles. The minimum absolute atomic E-state index is 0.118. The zero-order valence-corrected chi connectivity index (χ0v) is 17.5. The maximum atomic E-state index is 9.12. The number of ether oxygens (including phenoxy) is 1. The van der Waals surface area contributed by atoms with E-state index in [-0.39, 0.29) is 5.92 Å². The molecule has 2 aromatic heterocycles. The van der Waals surface area contributed by atoms with Crippen LogP contribution in [0.5, 0.6) is 11.6 Å². The molecule has 3 heterocycles. The molecule has 154 valence electrons. The van der Waals surface area contributed by atoms with Crippen molar-refractivity contribution in [3.8, 4) is 17.7 Å². The number of thiazole rings is 1. The first-order chi connectivity index (χ1) is 15.3. The second-order valence-corrected chi connectivity index (χ2v) is 8.34. The first-order valence-corrected chi connectivity index (χ1v) is 11.0. The monoisotopic (exact) mass is 428 g/mol. The number of anilines is 3. The molecule has 0 radical (unpaired) electrons. The van der Waals surface area contributed by atoms with Crippen molar-refractivity contribution in [2.75, 3.05) is 23.3 Å². The first kappa shape index (κ1) is 19.3. The van der Waals surface area contributed by atoms with E-state index >= 15 is 0 Å². The van der Waals surface area contributed by atoms with Gasteiger partial charge in [0.2, 0.25) is 0 Å². The van der Waals surface area contributed by atoms with Crippen LogP contribution in [0.3, 0.4) is 0 Å². The Hall–Kier alpha value is -3.70. The molecule has 0 unspecified atom stereocenters. The molecular formula is C23H20N6OS. The van der Waals surface area contributed by atoms with Gasteiger partial charge in [-0.2, -0.15) is 5.26 Å². The van der Waals surface area contributed by atoms with Gasteiger partial charge < -0.3 is 15.0 Å². The Kier molecular flexibility index (Phi) is 5.33. The van der Waals surface area contributed by atoms with Crippen LogP contribution in [0.2, 0.25) is 0 Å². The van der Waals surface area contributed by atoms with Crippen LogP contribution in [0, 0.1) is 17.2 Å². The van der Waals surface area contributed by atoms with Gasteiger partial charge in [0.15, 0.2) is 10.9 Å². The predicted molar refractivity (Wildman–Crippen MR) is 122 cm³/mol. The fourth-order valence-corrected chi connectivity index (χ4v) is 4.48. The molecule has 0 atom stereocenters. The molecule has 5 rings (SSSR count). The first-order valence-electron chi connectivity index (χ1n) is 10.1. The van der Waals surface area contributed by atoms with Gasteiger partial charge in [-0.3, -0.25) is 0 Å². The third-order valence-electron chi connectivity index (χ3n) is 5.24. The molecule has 7 nitrogen and oxygen atoms in total. The molecular weight excluding hydrogens is 408 g/mol. The lowest BCUT2D eigenvalue weighted by Gasteiger charge is -2.30. The molecule has 1 aliphatic heterocycles. The lowest BCUT2D eigenvalue weighted by atomic mass is 9.99. The van der Waals surface area contributed by atoms with Crippen LogP contribution in [-0.4, -0.2) is 28.0 Å². The molecule has 0 bridgehead atoms. The number of aromatic nitrogens is 3. The quantitative estimate of drug-likeness (QED) is 0.458. The number of nitrogens with zero attached hydrogens (tertiary/aromatic N) is 5. The number of piperidine rings is 1. The number of nitriles is 1. The number of hydrogen-bond acceptors (Lipinski definition) is 8. The van der Waals surface area contributed by atoms with Crippen LogP contribution in [-0.2, 0) is 0 Å². The van der Waals surface area contributed by atoms with Gasteiger partial charge >= 0.3 is 0 Å². The molecule has 0 amide bonds. The van der Waals surface area contributed by atoms with Crippen molar-refractivity contribution in [3.05, 3.63) is 60.9 Å². The van der Waals surface area contributed by atoms with Crippen molar-refractivity contribution in [1.29, 1.82) is 5.26 Å². The van der Waals surface area contributed by atoms with Gasteiger partial charge in [0, 0.05) is 37.1 Å². The van der Waals surface area contributed by atoms with E-state index in [0.717, 1.165) is 52.8 Å². The van der Waals surface area contributed by atoms with E-state index in [1.54, 1.807) is 23.7 Å². The van der Waals surface area contributed by atoms with E-state index in [4.69, 9.17) is 10.00 Å². The summed E-state index contributed by atoms with van der Waals surface area (Å²) in [4.78, 5) is 15.6. The lowest BCUT2D eigenvalue weighted by molar-refractivity contribution is 0.444. The highest BCUT2D eigenvalue weighted by Crippen LogP contribution is 2.32. The molecule has 1 saturated heterocycles. The van der Waals surface area contributed by atoms with Crippen molar-refractivity contribution in [2.24, 2.45) is 5.92 Å². The molecule has 0 saturated carbocycles. The minimum atomic E-state index is 0.118. The van der Waals surface area contributed by atoms with Gasteiger partial charge in [-0.25, -0.2) is 15.0 Å². The summed E-state index contributed by atoms with van der Waals surface area (Å²) in [6.45, 7) is 1.55. The highest BCUT2D eigenvalue weighted by Gasteiger charge is 2.23. The van der Waals surface area contributed by atoms with Crippen LogP contribution < -0.4 is 15.0 Å². The summed E-state index contributed by atoms with van der Waals surface area (Å²) >= 11 is 1.62. The molecule has 8 heteroatoms. The van der Waals surface area contributed by atoms with Gasteiger partial charge in [-0.05, 0) is 49.2 Å². The summed E-state index contributed by atoms with van der Waals surface area (Å²) in [5.41, 5.74) is 1.92. The van der Waals surface area contributed by atoms with E-state index in [1.807, 2.05) is 42.5 Å². The topological polar surface area (TPSA) is 87.0 Å². The molecule has 1 fully saturated rings. The van der Waals surface area contributed by atoms with Crippen molar-refractivity contribution >= 4 is 38.2 Å². The summed E-state index contributed by atoms with van der Waals surface area (Å²) < 4.78 is 7.20. The van der Waals surface area contributed by atoms with Crippen molar-refractivity contribution in [1.82, 2.24) is 15.0 Å². The fourth-order valence-electron chi connectivity index (χ4n) is 3.59. The van der Waals surface area contributed by atoms with Crippen LogP contribution in [0.1, 0.15) is 12.8 Å². The smallest absolute Gasteiger partial charge is 0.263 e. The van der Waals surface area contributed by atoms with E-state index in [2.05, 4.69) is 37.3 Å².